The van der Waals surface area contributed by atoms with Crippen LogP contribution in [0.4, 0.5) is 0 Å². The first kappa shape index (κ1) is 16.7. The number of carbonyl (C=O) groups excluding carboxylic acids is 2. The lowest BCUT2D eigenvalue weighted by atomic mass is 10.1. The fourth-order valence-electron chi connectivity index (χ4n) is 2.20. The predicted molar refractivity (Wildman–Crippen MR) is 84.9 cm³/mol. The van der Waals surface area contributed by atoms with Crippen molar-refractivity contribution in [1.82, 2.24) is 0 Å². The van der Waals surface area contributed by atoms with Crippen molar-refractivity contribution < 1.29 is 24.4 Å². The molecule has 0 aliphatic heterocycles. The number of rotatable bonds is 6. The van der Waals surface area contributed by atoms with Gasteiger partial charge < -0.3 is 14.8 Å². The Balaban J connectivity index is 1.85. The summed E-state index contributed by atoms with van der Waals surface area (Å²) in [5, 5.41) is 2.15. The molecule has 2 aromatic carbocycles. The fourth-order valence-corrected chi connectivity index (χ4v) is 2.20. The lowest BCUT2D eigenvalue weighted by Crippen LogP contribution is -2.80. The number of carbonyl (C=O) groups is 2. The van der Waals surface area contributed by atoms with Crippen LogP contribution in [-0.4, -0.2) is 26.2 Å². The molecule has 0 bridgehead atoms. The van der Waals surface area contributed by atoms with E-state index < -0.39 is 0 Å². The minimum absolute atomic E-state index is 0.328. The highest BCUT2D eigenvalue weighted by Gasteiger charge is 2.06. The van der Waals surface area contributed by atoms with Crippen LogP contribution in [0.15, 0.2) is 48.5 Å². The van der Waals surface area contributed by atoms with Crippen molar-refractivity contribution in [3.05, 3.63) is 70.8 Å². The summed E-state index contributed by atoms with van der Waals surface area (Å²) in [6.45, 7) is 1.61. The van der Waals surface area contributed by atoms with Gasteiger partial charge in [-0.15, -0.1) is 0 Å². The van der Waals surface area contributed by atoms with E-state index in [0.29, 0.717) is 11.1 Å². The van der Waals surface area contributed by atoms with E-state index in [2.05, 4.69) is 14.8 Å². The van der Waals surface area contributed by atoms with Crippen molar-refractivity contribution in [3.8, 4) is 0 Å². The van der Waals surface area contributed by atoms with Gasteiger partial charge in [-0.1, -0.05) is 24.3 Å². The van der Waals surface area contributed by atoms with E-state index in [1.54, 1.807) is 24.3 Å². The number of methoxy groups -OCH3 is 2. The van der Waals surface area contributed by atoms with E-state index in [-0.39, 0.29) is 11.9 Å². The third kappa shape index (κ3) is 4.66. The average molecular weight is 314 g/mol. The van der Waals surface area contributed by atoms with Gasteiger partial charge in [-0.2, -0.15) is 0 Å². The molecule has 0 unspecified atom stereocenters. The van der Waals surface area contributed by atoms with Gasteiger partial charge in [-0.25, -0.2) is 9.59 Å². The lowest BCUT2D eigenvalue weighted by molar-refractivity contribution is -0.686. The number of ether oxygens (including phenoxy) is 2. The van der Waals surface area contributed by atoms with Gasteiger partial charge in [0, 0.05) is 11.1 Å². The first-order chi connectivity index (χ1) is 11.1. The van der Waals surface area contributed by atoms with E-state index in [0.717, 1.165) is 24.2 Å². The van der Waals surface area contributed by atoms with Crippen LogP contribution in [0.3, 0.4) is 0 Å². The molecule has 2 rings (SSSR count). The molecular formula is C18H20NO4+. The zero-order chi connectivity index (χ0) is 16.7. The Bertz CT molecular complexity index is 603. The molecule has 5 nitrogen and oxygen atoms in total. The third-order valence-corrected chi connectivity index (χ3v) is 3.51. The van der Waals surface area contributed by atoms with Crippen molar-refractivity contribution in [1.29, 1.82) is 0 Å². The summed E-state index contributed by atoms with van der Waals surface area (Å²) in [7, 11) is 2.74. The van der Waals surface area contributed by atoms with Gasteiger partial charge in [0.2, 0.25) is 0 Å². The summed E-state index contributed by atoms with van der Waals surface area (Å²) in [6.07, 6.45) is 0. The molecule has 2 N–H and O–H groups in total. The fraction of sp³-hybridized carbons (Fsp3) is 0.222. The first-order valence-electron chi connectivity index (χ1n) is 7.30. The molecule has 0 saturated heterocycles. The highest BCUT2D eigenvalue weighted by atomic mass is 16.5. The van der Waals surface area contributed by atoms with E-state index >= 15 is 0 Å². The summed E-state index contributed by atoms with van der Waals surface area (Å²) in [6, 6.07) is 14.7. The Labute approximate surface area is 135 Å². The summed E-state index contributed by atoms with van der Waals surface area (Å²) in [5.41, 5.74) is 3.36. The van der Waals surface area contributed by atoms with Crippen LogP contribution in [0, 0.1) is 0 Å². The zero-order valence-corrected chi connectivity index (χ0v) is 13.2. The minimum atomic E-state index is -0.328. The Morgan fingerprint density at radius 2 is 1.09 bits per heavy atom. The second-order valence-corrected chi connectivity index (χ2v) is 5.07. The summed E-state index contributed by atoms with van der Waals surface area (Å²) in [4.78, 5) is 22.7. The van der Waals surface area contributed by atoms with Crippen molar-refractivity contribution in [2.24, 2.45) is 0 Å². The van der Waals surface area contributed by atoms with Gasteiger partial charge in [0.25, 0.3) is 0 Å². The average Bonchev–Trinajstić information content (AvgIpc) is 2.61. The topological polar surface area (TPSA) is 69.2 Å². The van der Waals surface area contributed by atoms with Gasteiger partial charge in [0.1, 0.15) is 13.1 Å². The Hall–Kier alpha value is -2.66. The zero-order valence-electron chi connectivity index (χ0n) is 13.2. The van der Waals surface area contributed by atoms with Crippen molar-refractivity contribution in [3.63, 3.8) is 0 Å². The molecule has 2 aromatic rings. The number of esters is 2. The molecule has 0 aliphatic carbocycles. The van der Waals surface area contributed by atoms with Gasteiger partial charge in [-0.05, 0) is 24.3 Å². The van der Waals surface area contributed by atoms with E-state index in [1.807, 2.05) is 24.3 Å². The SMILES string of the molecule is COC(=O)c1ccc(C[NH2+]Cc2ccc(C(=O)OC)cc2)cc1. The maximum atomic E-state index is 11.4. The number of benzene rings is 2. The molecule has 0 amide bonds. The van der Waals surface area contributed by atoms with E-state index in [1.165, 1.54) is 14.2 Å². The van der Waals surface area contributed by atoms with Crippen LogP contribution in [0.5, 0.6) is 0 Å². The standard InChI is InChI=1S/C18H19NO4/c1-22-17(20)15-7-3-13(4-8-15)11-19-12-14-5-9-16(10-6-14)18(21)23-2/h3-10,19H,11-12H2,1-2H3/p+1. The number of quaternary nitrogens is 1. The lowest BCUT2D eigenvalue weighted by Gasteiger charge is -2.05. The molecule has 0 spiro atoms. The largest absolute Gasteiger partial charge is 0.465 e. The second-order valence-electron chi connectivity index (χ2n) is 5.07. The highest BCUT2D eigenvalue weighted by molar-refractivity contribution is 5.89. The molecule has 0 aliphatic rings. The first-order valence-corrected chi connectivity index (χ1v) is 7.30. The second kappa shape index (κ2) is 8.10. The number of hydrogen-bond donors (Lipinski definition) is 1. The summed E-state index contributed by atoms with van der Waals surface area (Å²) in [5.74, 6) is -0.655. The van der Waals surface area contributed by atoms with Crippen LogP contribution in [-0.2, 0) is 22.6 Å². The molecule has 23 heavy (non-hydrogen) atoms. The molecule has 0 saturated carbocycles. The van der Waals surface area contributed by atoms with Crippen LogP contribution >= 0.6 is 0 Å². The van der Waals surface area contributed by atoms with Gasteiger partial charge >= 0.3 is 11.9 Å². The minimum Gasteiger partial charge on any atom is -0.465 e. The Morgan fingerprint density at radius 3 is 1.39 bits per heavy atom. The quantitative estimate of drug-likeness (QED) is 0.821. The van der Waals surface area contributed by atoms with Crippen molar-refractivity contribution in [2.75, 3.05) is 14.2 Å². The molecule has 120 valence electrons. The molecule has 0 atom stereocenters. The number of nitrogens with two attached hydrogens (primary N) is 1. The normalized spacial score (nSPS) is 10.2. The molecule has 0 fully saturated rings. The Kier molecular flexibility index (Phi) is 5.88. The van der Waals surface area contributed by atoms with Crippen LogP contribution in [0.2, 0.25) is 0 Å². The van der Waals surface area contributed by atoms with E-state index in [9.17, 15) is 9.59 Å². The van der Waals surface area contributed by atoms with Crippen molar-refractivity contribution in [2.45, 2.75) is 13.1 Å². The maximum Gasteiger partial charge on any atom is 0.337 e. The summed E-state index contributed by atoms with van der Waals surface area (Å²) >= 11 is 0. The number of hydrogen-bond acceptors (Lipinski definition) is 4. The van der Waals surface area contributed by atoms with Gasteiger partial charge in [-0.3, -0.25) is 0 Å². The van der Waals surface area contributed by atoms with Gasteiger partial charge in [0.15, 0.2) is 0 Å². The monoisotopic (exact) mass is 314 g/mol. The summed E-state index contributed by atoms with van der Waals surface area (Å²) < 4.78 is 9.34. The maximum absolute atomic E-state index is 11.4. The highest BCUT2D eigenvalue weighted by Crippen LogP contribution is 2.06. The van der Waals surface area contributed by atoms with Crippen LogP contribution < -0.4 is 5.32 Å². The van der Waals surface area contributed by atoms with Crippen molar-refractivity contribution >= 4 is 11.9 Å². The van der Waals surface area contributed by atoms with Crippen LogP contribution in [0.1, 0.15) is 31.8 Å². The molecular weight excluding hydrogens is 294 g/mol. The molecule has 5 heteroatoms. The smallest absolute Gasteiger partial charge is 0.337 e. The Morgan fingerprint density at radius 1 is 0.739 bits per heavy atom. The predicted octanol–water partition coefficient (Wildman–Crippen LogP) is 1.52. The van der Waals surface area contributed by atoms with E-state index in [4.69, 9.17) is 0 Å². The third-order valence-electron chi connectivity index (χ3n) is 3.51. The molecule has 0 radical (unpaired) electrons. The van der Waals surface area contributed by atoms with Gasteiger partial charge in [0.05, 0.1) is 25.3 Å². The molecule has 0 heterocycles. The van der Waals surface area contributed by atoms with Crippen LogP contribution in [0.25, 0.3) is 0 Å². The molecule has 0 aromatic heterocycles.